The summed E-state index contributed by atoms with van der Waals surface area (Å²) in [7, 11) is 0. The Labute approximate surface area is 177 Å². The smallest absolute Gasteiger partial charge is 0.334 e. The van der Waals surface area contributed by atoms with Gasteiger partial charge in [0.25, 0.3) is 0 Å². The predicted molar refractivity (Wildman–Crippen MR) is 106 cm³/mol. The molecule has 6 bridgehead atoms. The lowest BCUT2D eigenvalue weighted by molar-refractivity contribution is -0.147. The van der Waals surface area contributed by atoms with Crippen molar-refractivity contribution in [3.05, 3.63) is 11.8 Å². The molecule has 1 aliphatic heterocycles. The highest BCUT2D eigenvalue weighted by atomic mass is 16.6. The zero-order chi connectivity index (χ0) is 20.5. The molecule has 6 saturated carbocycles. The molecule has 0 amide bonds. The second-order valence-electron chi connectivity index (χ2n) is 11.2. The molecular weight excluding hydrogens is 384 g/mol. The van der Waals surface area contributed by atoms with Gasteiger partial charge in [0, 0.05) is 5.92 Å². The second-order valence-corrected chi connectivity index (χ2v) is 11.2. The van der Waals surface area contributed by atoms with Crippen molar-refractivity contribution < 1.29 is 28.9 Å². The van der Waals surface area contributed by atoms with Gasteiger partial charge in [0.05, 0.1) is 30.5 Å². The minimum atomic E-state index is -0.858. The van der Waals surface area contributed by atoms with Gasteiger partial charge in [-0.1, -0.05) is 0 Å². The Morgan fingerprint density at radius 2 is 1.77 bits per heavy atom. The Bertz CT molecular complexity index is 736. The third-order valence-corrected chi connectivity index (χ3v) is 9.16. The van der Waals surface area contributed by atoms with Crippen LogP contribution in [0.25, 0.3) is 0 Å². The van der Waals surface area contributed by atoms with Crippen LogP contribution in [0.4, 0.5) is 0 Å². The summed E-state index contributed by atoms with van der Waals surface area (Å²) in [6.07, 6.45) is 11.6. The van der Waals surface area contributed by atoms with Crippen molar-refractivity contribution >= 4 is 11.9 Å². The number of carboxylic acids is 1. The van der Waals surface area contributed by atoms with Gasteiger partial charge in [0.15, 0.2) is 0 Å². The molecule has 30 heavy (non-hydrogen) atoms. The molecule has 1 heterocycles. The van der Waals surface area contributed by atoms with E-state index in [1.807, 2.05) is 0 Å². The molecule has 7 rings (SSSR count). The predicted octanol–water partition coefficient (Wildman–Crippen LogP) is 3.54. The fourth-order valence-electron chi connectivity index (χ4n) is 8.60. The highest BCUT2D eigenvalue weighted by Crippen LogP contribution is 2.62. The fraction of sp³-hybridized carbons (Fsp3) is 0.833. The van der Waals surface area contributed by atoms with Gasteiger partial charge >= 0.3 is 11.9 Å². The molecule has 5 atom stereocenters. The summed E-state index contributed by atoms with van der Waals surface area (Å²) in [6.45, 7) is 0.725. The van der Waals surface area contributed by atoms with Crippen molar-refractivity contribution in [3.63, 3.8) is 0 Å². The minimum Gasteiger partial charge on any atom is -0.498 e. The Morgan fingerprint density at radius 3 is 2.43 bits per heavy atom. The monoisotopic (exact) mass is 416 g/mol. The van der Waals surface area contributed by atoms with Crippen molar-refractivity contribution in [2.45, 2.75) is 70.0 Å². The van der Waals surface area contributed by atoms with E-state index in [-0.39, 0.29) is 29.5 Å². The second kappa shape index (κ2) is 6.98. The SMILES string of the molecule is O=C(O)C(=COCCOC1C2CC3C(=O)OC1C3C2)CC12CC3CC(CC(C3)C1)C2. The Hall–Kier alpha value is -1.56. The van der Waals surface area contributed by atoms with Crippen LogP contribution in [0.1, 0.15) is 57.8 Å². The van der Waals surface area contributed by atoms with Crippen molar-refractivity contribution in [2.75, 3.05) is 13.2 Å². The van der Waals surface area contributed by atoms with E-state index < -0.39 is 5.97 Å². The van der Waals surface area contributed by atoms with Crippen LogP contribution in [-0.2, 0) is 23.8 Å². The molecule has 7 fully saturated rings. The van der Waals surface area contributed by atoms with Gasteiger partial charge in [-0.2, -0.15) is 0 Å². The van der Waals surface area contributed by atoms with Gasteiger partial charge in [-0.05, 0) is 86.9 Å². The zero-order valence-corrected chi connectivity index (χ0v) is 17.5. The Kier molecular flexibility index (Phi) is 4.45. The largest absolute Gasteiger partial charge is 0.498 e. The lowest BCUT2D eigenvalue weighted by atomic mass is 9.48. The number of esters is 1. The Morgan fingerprint density at radius 1 is 1.07 bits per heavy atom. The summed E-state index contributed by atoms with van der Waals surface area (Å²) in [5.74, 6) is 2.38. The number of ether oxygens (including phenoxy) is 3. The molecule has 0 aromatic heterocycles. The maximum atomic E-state index is 11.9. The lowest BCUT2D eigenvalue weighted by Crippen LogP contribution is -2.46. The molecule has 5 unspecified atom stereocenters. The summed E-state index contributed by atoms with van der Waals surface area (Å²) < 4.78 is 17.2. The molecule has 7 aliphatic rings. The number of carbonyl (C=O) groups is 2. The molecule has 6 nitrogen and oxygen atoms in total. The molecular formula is C24H32O6. The van der Waals surface area contributed by atoms with E-state index in [1.54, 1.807) is 0 Å². The van der Waals surface area contributed by atoms with Crippen LogP contribution in [-0.4, -0.2) is 42.5 Å². The van der Waals surface area contributed by atoms with Gasteiger partial charge < -0.3 is 19.3 Å². The van der Waals surface area contributed by atoms with Gasteiger partial charge in [0.1, 0.15) is 12.7 Å². The minimum absolute atomic E-state index is 0.0174. The van der Waals surface area contributed by atoms with E-state index in [4.69, 9.17) is 14.2 Å². The van der Waals surface area contributed by atoms with Gasteiger partial charge in [-0.15, -0.1) is 0 Å². The van der Waals surface area contributed by atoms with Crippen LogP contribution in [0.2, 0.25) is 0 Å². The van der Waals surface area contributed by atoms with E-state index in [2.05, 4.69) is 0 Å². The maximum Gasteiger partial charge on any atom is 0.334 e. The summed E-state index contributed by atoms with van der Waals surface area (Å²) in [6, 6.07) is 0. The van der Waals surface area contributed by atoms with E-state index in [0.29, 0.717) is 37.0 Å². The third kappa shape index (κ3) is 3.09. The first-order chi connectivity index (χ1) is 14.5. The van der Waals surface area contributed by atoms with Crippen molar-refractivity contribution in [1.82, 2.24) is 0 Å². The van der Waals surface area contributed by atoms with Crippen LogP contribution in [0.5, 0.6) is 0 Å². The highest BCUT2D eigenvalue weighted by Gasteiger charge is 2.62. The average Bonchev–Trinajstić information content (AvgIpc) is 3.30. The van der Waals surface area contributed by atoms with E-state index in [1.165, 1.54) is 44.8 Å². The first kappa shape index (κ1) is 19.1. The molecule has 6 heteroatoms. The van der Waals surface area contributed by atoms with Crippen molar-refractivity contribution in [2.24, 2.45) is 40.9 Å². The van der Waals surface area contributed by atoms with Crippen LogP contribution < -0.4 is 0 Å². The first-order valence-corrected chi connectivity index (χ1v) is 11.9. The van der Waals surface area contributed by atoms with Gasteiger partial charge in [0.2, 0.25) is 0 Å². The summed E-state index contributed by atoms with van der Waals surface area (Å²) >= 11 is 0. The summed E-state index contributed by atoms with van der Waals surface area (Å²) in [4.78, 5) is 23.7. The van der Waals surface area contributed by atoms with Crippen LogP contribution >= 0.6 is 0 Å². The molecule has 0 aromatic rings. The molecule has 0 radical (unpaired) electrons. The highest BCUT2D eigenvalue weighted by molar-refractivity contribution is 5.86. The van der Waals surface area contributed by atoms with Crippen LogP contribution in [0.3, 0.4) is 0 Å². The molecule has 1 N–H and O–H groups in total. The van der Waals surface area contributed by atoms with Gasteiger partial charge in [-0.3, -0.25) is 4.79 Å². The number of carbonyl (C=O) groups excluding carboxylic acids is 1. The molecule has 6 aliphatic carbocycles. The normalized spacial score (nSPS) is 47.7. The molecule has 0 aromatic carbocycles. The number of fused-ring (bicyclic) bond motifs is 1. The zero-order valence-electron chi connectivity index (χ0n) is 17.5. The summed E-state index contributed by atoms with van der Waals surface area (Å²) in [5, 5.41) is 9.74. The van der Waals surface area contributed by atoms with Crippen LogP contribution in [0.15, 0.2) is 11.8 Å². The topological polar surface area (TPSA) is 82.1 Å². The first-order valence-electron chi connectivity index (χ1n) is 11.9. The quantitative estimate of drug-likeness (QED) is 0.282. The number of rotatable bonds is 8. The number of carboxylic acid groups (broad SMARTS) is 1. The molecule has 0 spiro atoms. The summed E-state index contributed by atoms with van der Waals surface area (Å²) in [5.41, 5.74) is 0.592. The lowest BCUT2D eigenvalue weighted by Gasteiger charge is -2.57. The number of hydrogen-bond donors (Lipinski definition) is 1. The number of aliphatic carboxylic acids is 1. The van der Waals surface area contributed by atoms with Crippen LogP contribution in [0, 0.1) is 40.9 Å². The maximum absolute atomic E-state index is 11.9. The van der Waals surface area contributed by atoms with E-state index in [0.717, 1.165) is 30.6 Å². The fourth-order valence-corrected chi connectivity index (χ4v) is 8.60. The molecule has 1 saturated heterocycles. The van der Waals surface area contributed by atoms with Crippen molar-refractivity contribution in [3.8, 4) is 0 Å². The number of hydrogen-bond acceptors (Lipinski definition) is 5. The van der Waals surface area contributed by atoms with E-state index in [9.17, 15) is 14.7 Å². The average molecular weight is 417 g/mol. The molecule has 164 valence electrons. The van der Waals surface area contributed by atoms with E-state index >= 15 is 0 Å². The van der Waals surface area contributed by atoms with Crippen molar-refractivity contribution in [1.29, 1.82) is 0 Å². The standard InChI is InChI=1S/C24H32O6/c25-22(26)17(11-24-8-13-3-14(9-24)5-15(4-13)10-24)12-28-1-2-29-20-16-6-18-19(7-16)23(27)30-21(18)20/h12-16,18-21H,1-11H2,(H,25,26). The van der Waals surface area contributed by atoms with Gasteiger partial charge in [-0.25, -0.2) is 4.79 Å². The third-order valence-electron chi connectivity index (χ3n) is 9.16. The Balaban J connectivity index is 1.02.